The first-order valence-corrected chi connectivity index (χ1v) is 15.1. The Balaban J connectivity index is 1.26. The molecule has 240 valence electrons. The predicted molar refractivity (Wildman–Crippen MR) is 167 cm³/mol. The summed E-state index contributed by atoms with van der Waals surface area (Å²) in [6.45, 7) is 3.07. The van der Waals surface area contributed by atoms with E-state index in [0.717, 1.165) is 41.6 Å². The summed E-state index contributed by atoms with van der Waals surface area (Å²) in [6.07, 6.45) is 11.5. The van der Waals surface area contributed by atoms with Crippen LogP contribution in [0.5, 0.6) is 0 Å². The Morgan fingerprint density at radius 3 is 2.78 bits per heavy atom. The number of hydrogen-bond acceptors (Lipinski definition) is 7. The number of aromatic amines is 1. The minimum atomic E-state index is -0.999. The number of methoxy groups -OCH3 is 1. The lowest BCUT2D eigenvalue weighted by atomic mass is 9.94. The summed E-state index contributed by atoms with van der Waals surface area (Å²) in [6, 6.07) is 2.50. The van der Waals surface area contributed by atoms with Crippen molar-refractivity contribution in [2.75, 3.05) is 26.8 Å². The van der Waals surface area contributed by atoms with Gasteiger partial charge in [-0.05, 0) is 54.3 Å². The van der Waals surface area contributed by atoms with Gasteiger partial charge in [-0.2, -0.15) is 10.2 Å². The molecule has 6 rings (SSSR count). The number of hydroxylamine groups is 2. The number of halogens is 2. The number of benzene rings is 1. The summed E-state index contributed by atoms with van der Waals surface area (Å²) in [5, 5.41) is 15.9. The smallest absolute Gasteiger partial charge is 0.326 e. The number of hydrazone groups is 1. The van der Waals surface area contributed by atoms with Gasteiger partial charge in [-0.3, -0.25) is 9.40 Å². The van der Waals surface area contributed by atoms with Crippen molar-refractivity contribution >= 4 is 23.9 Å². The number of fused-ring (bicyclic) bond motifs is 1. The number of allylic oxidation sites excluding steroid dienone is 5. The zero-order valence-electron chi connectivity index (χ0n) is 25.7. The fourth-order valence-corrected chi connectivity index (χ4v) is 5.98. The molecule has 2 aromatic rings. The van der Waals surface area contributed by atoms with Crippen LogP contribution >= 0.6 is 0 Å². The van der Waals surface area contributed by atoms with Gasteiger partial charge >= 0.3 is 11.7 Å². The minimum Gasteiger partial charge on any atom is -0.383 e. The predicted octanol–water partition coefficient (Wildman–Crippen LogP) is 1.97. The Kier molecular flexibility index (Phi) is 9.03. The van der Waals surface area contributed by atoms with Crippen LogP contribution in [0, 0.1) is 17.6 Å². The maximum Gasteiger partial charge on any atom is 0.326 e. The number of nitrogens with one attached hydrogen (secondary N) is 3. The van der Waals surface area contributed by atoms with E-state index in [2.05, 4.69) is 33.2 Å². The fraction of sp³-hybridized carbons (Fsp3) is 0.364. The molecule has 2 aliphatic heterocycles. The number of ether oxygens (including phenoxy) is 1. The molecular formula is C33H35F2N7O4. The Morgan fingerprint density at radius 1 is 1.20 bits per heavy atom. The van der Waals surface area contributed by atoms with Gasteiger partial charge in [-0.25, -0.2) is 23.4 Å². The lowest BCUT2D eigenvalue weighted by Gasteiger charge is -2.29. The molecule has 1 aromatic heterocycles. The standard InChI is InChI=1S/C33H35F2N7O4/c1-20-29(21-9-7-8-12-28-26(18-21)37-33(44)40(28)2)39-42(23-10-5-4-6-11-23)31(20)38-32(43)36-27-19-41(15-16-45-3)46-30(27)22-13-14-24(34)25(35)17-22/h5,9-14,17-18,20,27,30-31H,7-8,15-16,19H2,1-3H3,(H,37,44)(H2,36,38,43)/b21-9+,26-18+,28-12-/t20?,27-,30+,31?/m1/s1. The molecule has 46 heavy (non-hydrogen) atoms. The highest BCUT2D eigenvalue weighted by atomic mass is 19.2. The molecule has 11 nitrogen and oxygen atoms in total. The number of nitrogens with zero attached hydrogens (tertiary/aromatic N) is 4. The number of amides is 2. The number of urea groups is 1. The summed E-state index contributed by atoms with van der Waals surface area (Å²) < 4.78 is 34.6. The Labute approximate surface area is 263 Å². The van der Waals surface area contributed by atoms with Crippen LogP contribution in [0.15, 0.2) is 75.1 Å². The topological polar surface area (TPSA) is 116 Å². The zero-order valence-corrected chi connectivity index (χ0v) is 25.7. The third-order valence-electron chi connectivity index (χ3n) is 8.38. The molecule has 3 heterocycles. The van der Waals surface area contributed by atoms with Gasteiger partial charge in [-0.15, -0.1) is 0 Å². The van der Waals surface area contributed by atoms with Crippen molar-refractivity contribution < 1.29 is 23.1 Å². The molecule has 0 saturated carbocycles. The second-order valence-corrected chi connectivity index (χ2v) is 11.4. The van der Waals surface area contributed by atoms with Crippen LogP contribution in [0.4, 0.5) is 13.6 Å². The van der Waals surface area contributed by atoms with E-state index in [9.17, 15) is 18.4 Å². The van der Waals surface area contributed by atoms with Crippen LogP contribution < -0.4 is 27.0 Å². The highest BCUT2D eigenvalue weighted by Gasteiger charge is 2.40. The lowest BCUT2D eigenvalue weighted by Crippen LogP contribution is -2.53. The minimum absolute atomic E-state index is 0.201. The van der Waals surface area contributed by atoms with Gasteiger partial charge in [0.05, 0.1) is 34.8 Å². The molecule has 2 amide bonds. The molecule has 4 aliphatic rings. The number of carbonyl (C=O) groups is 1. The summed E-state index contributed by atoms with van der Waals surface area (Å²) in [7, 11) is 3.30. The van der Waals surface area contributed by atoms with Gasteiger partial charge in [0.25, 0.3) is 0 Å². The summed E-state index contributed by atoms with van der Waals surface area (Å²) >= 11 is 0. The Hall–Kier alpha value is -4.77. The molecule has 3 N–H and O–H groups in total. The van der Waals surface area contributed by atoms with Gasteiger partial charge in [0.15, 0.2) is 11.6 Å². The first-order valence-electron chi connectivity index (χ1n) is 15.1. The van der Waals surface area contributed by atoms with E-state index in [4.69, 9.17) is 14.7 Å². The van der Waals surface area contributed by atoms with Crippen LogP contribution in [0.25, 0.3) is 12.2 Å². The average Bonchev–Trinajstić information content (AvgIpc) is 3.66. The van der Waals surface area contributed by atoms with Crippen LogP contribution in [0.3, 0.4) is 0 Å². The molecule has 1 saturated heterocycles. The number of H-pyrrole nitrogens is 1. The molecule has 0 radical (unpaired) electrons. The van der Waals surface area contributed by atoms with E-state index in [0.29, 0.717) is 36.3 Å². The van der Waals surface area contributed by atoms with E-state index in [1.807, 2.05) is 25.2 Å². The van der Waals surface area contributed by atoms with Crippen molar-refractivity contribution in [1.29, 1.82) is 0 Å². The van der Waals surface area contributed by atoms with Crippen LogP contribution in [-0.4, -0.2) is 70.4 Å². The van der Waals surface area contributed by atoms with Crippen LogP contribution in [0.1, 0.15) is 31.4 Å². The average molecular weight is 632 g/mol. The third-order valence-corrected chi connectivity index (χ3v) is 8.38. The maximum atomic E-state index is 14.2. The normalized spacial score (nSPS) is 26.5. The highest BCUT2D eigenvalue weighted by Crippen LogP contribution is 2.32. The van der Waals surface area contributed by atoms with E-state index < -0.39 is 36.0 Å². The molecule has 4 atom stereocenters. The second kappa shape index (κ2) is 13.3. The molecule has 13 heteroatoms. The highest BCUT2D eigenvalue weighted by molar-refractivity contribution is 6.09. The molecule has 0 bridgehead atoms. The van der Waals surface area contributed by atoms with E-state index in [1.165, 1.54) is 6.07 Å². The van der Waals surface area contributed by atoms with E-state index in [1.54, 1.807) is 40.9 Å². The third kappa shape index (κ3) is 6.32. The second-order valence-electron chi connectivity index (χ2n) is 11.4. The summed E-state index contributed by atoms with van der Waals surface area (Å²) in [5.74, 6) is -2.24. The number of carbonyl (C=O) groups excluding carboxylic acids is 1. The van der Waals surface area contributed by atoms with Crippen molar-refractivity contribution in [3.8, 4) is 0 Å². The van der Waals surface area contributed by atoms with Crippen molar-refractivity contribution in [1.82, 2.24) is 30.3 Å². The molecule has 2 unspecified atom stereocenters. The summed E-state index contributed by atoms with van der Waals surface area (Å²) in [5.41, 5.74) is 8.33. The lowest BCUT2D eigenvalue weighted by molar-refractivity contribution is -0.154. The van der Waals surface area contributed by atoms with Crippen molar-refractivity contribution in [3.05, 3.63) is 104 Å². The maximum absolute atomic E-state index is 14.2. The van der Waals surface area contributed by atoms with Crippen molar-refractivity contribution in [2.45, 2.75) is 38.1 Å². The number of hydrogen-bond donors (Lipinski definition) is 3. The first-order chi connectivity index (χ1) is 22.2. The first kappa shape index (κ1) is 31.2. The molecule has 1 fully saturated rings. The van der Waals surface area contributed by atoms with Crippen molar-refractivity contribution in [3.63, 3.8) is 0 Å². The number of aromatic nitrogens is 2. The Bertz CT molecular complexity index is 1910. The number of imidazole rings is 1. The molecule has 1 aromatic carbocycles. The monoisotopic (exact) mass is 631 g/mol. The molecule has 2 aliphatic carbocycles. The quantitative estimate of drug-likeness (QED) is 0.384. The molecule has 0 spiro atoms. The zero-order chi connectivity index (χ0) is 32.4. The van der Waals surface area contributed by atoms with Gasteiger partial charge in [0.2, 0.25) is 0 Å². The van der Waals surface area contributed by atoms with Crippen LogP contribution in [-0.2, 0) is 16.6 Å². The van der Waals surface area contributed by atoms with Crippen molar-refractivity contribution in [2.24, 2.45) is 18.1 Å². The number of rotatable bonds is 8. The van der Waals surface area contributed by atoms with Crippen LogP contribution in [0.2, 0.25) is 0 Å². The largest absolute Gasteiger partial charge is 0.383 e. The van der Waals surface area contributed by atoms with E-state index in [-0.39, 0.29) is 11.6 Å². The SMILES string of the molecule is COCCN1C[C@@H](NC(=O)NC2C(C)C(C3=C/CC/C=c4/c([nH]c(=O)n4C)=C\3)=NN2C2=CC=C=C=C2)[C@H](c2ccc(F)c(F)c2)O1. The Morgan fingerprint density at radius 2 is 2.02 bits per heavy atom. The van der Waals surface area contributed by atoms with Gasteiger partial charge < -0.3 is 20.4 Å². The van der Waals surface area contributed by atoms with E-state index >= 15 is 0 Å². The fourth-order valence-electron chi connectivity index (χ4n) is 5.98. The van der Waals surface area contributed by atoms with Gasteiger partial charge in [-0.1, -0.05) is 36.6 Å². The molecular weight excluding hydrogens is 596 g/mol. The van der Waals surface area contributed by atoms with Gasteiger partial charge in [0, 0.05) is 39.2 Å². The summed E-state index contributed by atoms with van der Waals surface area (Å²) in [4.78, 5) is 35.0. The van der Waals surface area contributed by atoms with Gasteiger partial charge in [0.1, 0.15) is 12.3 Å².